The molecule has 0 aliphatic heterocycles. The molecule has 2 heterocycles. The molecule has 0 bridgehead atoms. The molecule has 152 valence electrons. The van der Waals surface area contributed by atoms with Crippen molar-refractivity contribution in [3.05, 3.63) is 83.4 Å². The fourth-order valence-electron chi connectivity index (χ4n) is 5.54. The first-order valence-electron chi connectivity index (χ1n) is 10.3. The van der Waals surface area contributed by atoms with Crippen LogP contribution in [-0.2, 0) is 16.6 Å². The number of benzene rings is 1. The van der Waals surface area contributed by atoms with E-state index in [-0.39, 0.29) is 11.2 Å². The van der Waals surface area contributed by atoms with E-state index in [2.05, 4.69) is 19.1 Å². The van der Waals surface area contributed by atoms with Crippen molar-refractivity contribution >= 4 is 5.78 Å². The van der Waals surface area contributed by atoms with Crippen molar-refractivity contribution in [2.75, 3.05) is 0 Å². The quantitative estimate of drug-likeness (QED) is 0.479. The van der Waals surface area contributed by atoms with Gasteiger partial charge >= 0.3 is 0 Å². The van der Waals surface area contributed by atoms with Gasteiger partial charge in [0.2, 0.25) is 0 Å². The molecule has 2 aliphatic rings. The molecule has 5 nitrogen and oxygen atoms in total. The van der Waals surface area contributed by atoms with Gasteiger partial charge in [-0.1, -0.05) is 37.3 Å². The summed E-state index contributed by atoms with van der Waals surface area (Å²) in [4.78, 5) is 22.6. The third kappa shape index (κ3) is 2.51. The molecule has 2 aromatic heterocycles. The SMILES string of the molecule is Cc1nc(-c2ccoc2)c2c(n1)[C@@]1(c3ccccc3)C/C(=C/O)C(=O)C[C@]1(C)CC2. The number of hydrogen-bond donors (Lipinski definition) is 1. The van der Waals surface area contributed by atoms with Crippen molar-refractivity contribution in [1.82, 2.24) is 9.97 Å². The van der Waals surface area contributed by atoms with Gasteiger partial charge in [0.05, 0.1) is 30.2 Å². The summed E-state index contributed by atoms with van der Waals surface area (Å²) in [6, 6.07) is 12.2. The van der Waals surface area contributed by atoms with Crippen LogP contribution in [0, 0.1) is 12.3 Å². The lowest BCUT2D eigenvalue weighted by molar-refractivity contribution is -0.121. The third-order valence-electron chi connectivity index (χ3n) is 7.06. The van der Waals surface area contributed by atoms with E-state index in [9.17, 15) is 9.90 Å². The first-order chi connectivity index (χ1) is 14.5. The molecule has 3 aromatic rings. The van der Waals surface area contributed by atoms with Crippen LogP contribution in [0.4, 0.5) is 0 Å². The number of aryl methyl sites for hydroxylation is 1. The Morgan fingerprint density at radius 3 is 2.63 bits per heavy atom. The Morgan fingerprint density at radius 2 is 1.93 bits per heavy atom. The van der Waals surface area contributed by atoms with Gasteiger partial charge in [0.15, 0.2) is 5.78 Å². The van der Waals surface area contributed by atoms with Crippen LogP contribution in [0.3, 0.4) is 0 Å². The van der Waals surface area contributed by atoms with Crippen LogP contribution in [0.2, 0.25) is 0 Å². The Balaban J connectivity index is 1.86. The summed E-state index contributed by atoms with van der Waals surface area (Å²) in [5.74, 6) is 0.715. The summed E-state index contributed by atoms with van der Waals surface area (Å²) < 4.78 is 5.34. The largest absolute Gasteiger partial charge is 0.515 e. The van der Waals surface area contributed by atoms with Crippen LogP contribution in [0.25, 0.3) is 11.3 Å². The third-order valence-corrected chi connectivity index (χ3v) is 7.06. The molecule has 2 atom stereocenters. The minimum absolute atomic E-state index is 0.0239. The number of Topliss-reactive ketones (excluding diaryl/α,β-unsaturated/α-hetero) is 1. The van der Waals surface area contributed by atoms with Crippen molar-refractivity contribution in [3.63, 3.8) is 0 Å². The smallest absolute Gasteiger partial charge is 0.162 e. The molecule has 0 spiro atoms. The number of carbonyl (C=O) groups is 1. The predicted molar refractivity (Wildman–Crippen MR) is 113 cm³/mol. The first kappa shape index (κ1) is 18.8. The van der Waals surface area contributed by atoms with E-state index in [4.69, 9.17) is 14.4 Å². The van der Waals surface area contributed by atoms with E-state index >= 15 is 0 Å². The maximum Gasteiger partial charge on any atom is 0.162 e. The van der Waals surface area contributed by atoms with Gasteiger partial charge in [0, 0.05) is 28.5 Å². The summed E-state index contributed by atoms with van der Waals surface area (Å²) in [5, 5.41) is 9.88. The van der Waals surface area contributed by atoms with Gasteiger partial charge in [-0.05, 0) is 43.2 Å². The van der Waals surface area contributed by atoms with Crippen molar-refractivity contribution in [2.45, 2.75) is 44.9 Å². The molecule has 0 radical (unpaired) electrons. The van der Waals surface area contributed by atoms with Crippen molar-refractivity contribution in [3.8, 4) is 11.3 Å². The fourth-order valence-corrected chi connectivity index (χ4v) is 5.54. The van der Waals surface area contributed by atoms with E-state index in [1.807, 2.05) is 31.2 Å². The second-order valence-corrected chi connectivity index (χ2v) is 8.72. The van der Waals surface area contributed by atoms with Gasteiger partial charge in [0.1, 0.15) is 5.82 Å². The monoisotopic (exact) mass is 400 g/mol. The second kappa shape index (κ2) is 6.66. The Bertz CT molecular complexity index is 1150. The minimum Gasteiger partial charge on any atom is -0.515 e. The average molecular weight is 400 g/mol. The van der Waals surface area contributed by atoms with Gasteiger partial charge in [0.25, 0.3) is 0 Å². The van der Waals surface area contributed by atoms with Crippen molar-refractivity contribution in [1.29, 1.82) is 0 Å². The number of aliphatic hydroxyl groups excluding tert-OH is 1. The number of nitrogens with zero attached hydrogens (tertiary/aromatic N) is 2. The highest BCUT2D eigenvalue weighted by Crippen LogP contribution is 2.61. The lowest BCUT2D eigenvalue weighted by atomic mass is 9.47. The summed E-state index contributed by atoms with van der Waals surface area (Å²) in [5.41, 5.74) is 4.67. The van der Waals surface area contributed by atoms with E-state index in [0.29, 0.717) is 24.2 Å². The van der Waals surface area contributed by atoms with Crippen LogP contribution in [-0.4, -0.2) is 20.9 Å². The molecule has 5 heteroatoms. The van der Waals surface area contributed by atoms with Crippen LogP contribution in [0.5, 0.6) is 0 Å². The van der Waals surface area contributed by atoms with Crippen LogP contribution in [0.15, 0.2) is 65.2 Å². The molecule has 0 amide bonds. The molecule has 30 heavy (non-hydrogen) atoms. The Kier molecular flexibility index (Phi) is 4.17. The summed E-state index contributed by atoms with van der Waals surface area (Å²) in [6.07, 6.45) is 6.82. The molecule has 0 unspecified atom stereocenters. The van der Waals surface area contributed by atoms with Gasteiger partial charge in [-0.2, -0.15) is 0 Å². The predicted octanol–water partition coefficient (Wildman–Crippen LogP) is 5.09. The zero-order valence-corrected chi connectivity index (χ0v) is 17.2. The Morgan fingerprint density at radius 1 is 1.13 bits per heavy atom. The fraction of sp³-hybridized carbons (Fsp3) is 0.320. The van der Waals surface area contributed by atoms with Crippen LogP contribution in [0.1, 0.15) is 48.8 Å². The highest BCUT2D eigenvalue weighted by Gasteiger charge is 2.59. The van der Waals surface area contributed by atoms with Gasteiger partial charge < -0.3 is 9.52 Å². The lowest BCUT2D eigenvalue weighted by Crippen LogP contribution is -2.54. The molecule has 2 aliphatic carbocycles. The molecule has 5 rings (SSSR count). The topological polar surface area (TPSA) is 76.2 Å². The number of rotatable bonds is 2. The molecule has 0 saturated heterocycles. The average Bonchev–Trinajstić information content (AvgIpc) is 3.28. The summed E-state index contributed by atoms with van der Waals surface area (Å²) in [6.45, 7) is 4.11. The maximum absolute atomic E-state index is 12.8. The minimum atomic E-state index is -0.517. The maximum atomic E-state index is 12.8. The number of ketones is 1. The summed E-state index contributed by atoms with van der Waals surface area (Å²) >= 11 is 0. The zero-order valence-electron chi connectivity index (χ0n) is 17.2. The first-order valence-corrected chi connectivity index (χ1v) is 10.3. The molecular formula is C25H24N2O3. The number of aliphatic hydroxyl groups is 1. The van der Waals surface area contributed by atoms with Gasteiger partial charge in [-0.15, -0.1) is 0 Å². The summed E-state index contributed by atoms with van der Waals surface area (Å²) in [7, 11) is 0. The lowest BCUT2D eigenvalue weighted by Gasteiger charge is -2.55. The molecular weight excluding hydrogens is 376 g/mol. The van der Waals surface area contributed by atoms with Crippen molar-refractivity contribution in [2.24, 2.45) is 5.41 Å². The van der Waals surface area contributed by atoms with Gasteiger partial charge in [-0.3, -0.25) is 4.79 Å². The number of hydrogen-bond acceptors (Lipinski definition) is 5. The Labute approximate surface area is 175 Å². The number of allylic oxidation sites excluding steroid dienone is 1. The Hall–Kier alpha value is -3.21. The molecule has 1 fully saturated rings. The van der Waals surface area contributed by atoms with E-state index < -0.39 is 5.41 Å². The highest BCUT2D eigenvalue weighted by atomic mass is 16.3. The van der Waals surface area contributed by atoms with Crippen molar-refractivity contribution < 1.29 is 14.3 Å². The second-order valence-electron chi connectivity index (χ2n) is 8.72. The number of carbonyl (C=O) groups excluding carboxylic acids is 1. The standard InChI is InChI=1S/C25H24N2O3/c1-16-26-22(17-9-11-30-15-17)20-8-10-24(2)13-21(29)18(14-28)12-25(24,23(20)27-16)19-6-4-3-5-7-19/h3-7,9,11,14-15,28H,8,10,12-13H2,1-2H3/b18-14-/t24-,25-/m0/s1. The number of fused-ring (bicyclic) bond motifs is 3. The number of aromatic nitrogens is 2. The highest BCUT2D eigenvalue weighted by molar-refractivity contribution is 5.97. The molecule has 1 saturated carbocycles. The van der Waals surface area contributed by atoms with Gasteiger partial charge in [-0.25, -0.2) is 9.97 Å². The molecule has 1 aromatic carbocycles. The number of furan rings is 1. The van der Waals surface area contributed by atoms with E-state index in [1.165, 1.54) is 0 Å². The zero-order chi connectivity index (χ0) is 20.9. The van der Waals surface area contributed by atoms with Crippen LogP contribution < -0.4 is 0 Å². The normalized spacial score (nSPS) is 27.0. The molecule has 1 N–H and O–H groups in total. The van der Waals surface area contributed by atoms with E-state index in [1.54, 1.807) is 12.5 Å². The van der Waals surface area contributed by atoms with Crippen LogP contribution >= 0.6 is 0 Å². The van der Waals surface area contributed by atoms with E-state index in [0.717, 1.165) is 47.2 Å².